The van der Waals surface area contributed by atoms with Gasteiger partial charge in [-0.25, -0.2) is 4.79 Å². The summed E-state index contributed by atoms with van der Waals surface area (Å²) in [5, 5.41) is 7.90. The largest absolute Gasteiger partial charge is 0.472 e. The molecule has 2 nitrogen and oxygen atoms in total. The van der Waals surface area contributed by atoms with E-state index in [2.05, 4.69) is 17.8 Å². The Morgan fingerprint density at radius 3 is 2.50 bits per heavy atom. The lowest BCUT2D eigenvalue weighted by Gasteiger charge is -1.63. The van der Waals surface area contributed by atoms with Crippen molar-refractivity contribution in [2.45, 2.75) is 6.92 Å². The number of hydrogen-bond acceptors (Lipinski definition) is 1. The molecule has 0 aromatic rings. The summed E-state index contributed by atoms with van der Waals surface area (Å²) in [6, 6.07) is 0. The van der Waals surface area contributed by atoms with Crippen LogP contribution in [0, 0.1) is 23.7 Å². The summed E-state index contributed by atoms with van der Waals surface area (Å²) >= 11 is 0. The van der Waals surface area contributed by atoms with Gasteiger partial charge >= 0.3 is 5.97 Å². The third kappa shape index (κ3) is 4.59. The van der Waals surface area contributed by atoms with Crippen molar-refractivity contribution in [3.63, 3.8) is 0 Å². The van der Waals surface area contributed by atoms with Gasteiger partial charge in [0.25, 0.3) is 0 Å². The van der Waals surface area contributed by atoms with E-state index in [1.807, 2.05) is 5.92 Å². The van der Waals surface area contributed by atoms with E-state index in [9.17, 15) is 4.79 Å². The van der Waals surface area contributed by atoms with E-state index in [1.54, 1.807) is 6.92 Å². The van der Waals surface area contributed by atoms with E-state index in [4.69, 9.17) is 5.11 Å². The molecule has 0 radical (unpaired) electrons. The molecule has 0 spiro atoms. The zero-order chi connectivity index (χ0) is 6.41. The van der Waals surface area contributed by atoms with Gasteiger partial charge in [-0.3, -0.25) is 0 Å². The number of carbonyl (C=O) groups is 1. The maximum Gasteiger partial charge on any atom is 0.382 e. The van der Waals surface area contributed by atoms with Crippen LogP contribution < -0.4 is 0 Å². The lowest BCUT2D eigenvalue weighted by Crippen LogP contribution is -1.85. The Bertz CT molecular complexity index is 194. The van der Waals surface area contributed by atoms with Gasteiger partial charge in [-0.2, -0.15) is 0 Å². The van der Waals surface area contributed by atoms with E-state index >= 15 is 0 Å². The van der Waals surface area contributed by atoms with Gasteiger partial charge < -0.3 is 5.11 Å². The van der Waals surface area contributed by atoms with Gasteiger partial charge in [0.05, 0.1) is 0 Å². The third-order valence-electron chi connectivity index (χ3n) is 0.357. The summed E-state index contributed by atoms with van der Waals surface area (Å²) in [6.45, 7) is 1.59. The smallest absolute Gasteiger partial charge is 0.382 e. The molecule has 0 atom stereocenters. The Balaban J connectivity index is 3.81. The summed E-state index contributed by atoms with van der Waals surface area (Å²) in [4.78, 5) is 9.63. The highest BCUT2D eigenvalue weighted by atomic mass is 16.4. The molecule has 40 valence electrons. The molecular weight excluding hydrogens is 104 g/mol. The fourth-order valence-electron chi connectivity index (χ4n) is 0.147. The lowest BCUT2D eigenvalue weighted by molar-refractivity contribution is -0.130. The van der Waals surface area contributed by atoms with Crippen molar-refractivity contribution in [2.75, 3.05) is 0 Å². The van der Waals surface area contributed by atoms with Gasteiger partial charge in [0.15, 0.2) is 0 Å². The molecule has 0 saturated carbocycles. The predicted octanol–water partition coefficient (Wildman–Crippen LogP) is 0.0977. The van der Waals surface area contributed by atoms with Crippen LogP contribution in [0.2, 0.25) is 0 Å². The molecular formula is C6H4O2. The normalized spacial score (nSPS) is 5.12. The molecule has 0 aliphatic rings. The van der Waals surface area contributed by atoms with E-state index in [-0.39, 0.29) is 0 Å². The first kappa shape index (κ1) is 6.59. The van der Waals surface area contributed by atoms with Crippen molar-refractivity contribution in [3.05, 3.63) is 0 Å². The third-order valence-corrected chi connectivity index (χ3v) is 0.357. The van der Waals surface area contributed by atoms with Crippen molar-refractivity contribution in [1.82, 2.24) is 0 Å². The van der Waals surface area contributed by atoms with Crippen LogP contribution in [0.3, 0.4) is 0 Å². The number of carboxylic acids is 1. The molecule has 2 heteroatoms. The van der Waals surface area contributed by atoms with E-state index in [1.165, 1.54) is 0 Å². The molecule has 0 aromatic carbocycles. The van der Waals surface area contributed by atoms with Crippen LogP contribution in [0.15, 0.2) is 0 Å². The Kier molecular flexibility index (Phi) is 3.10. The van der Waals surface area contributed by atoms with Crippen LogP contribution >= 0.6 is 0 Å². The van der Waals surface area contributed by atoms with Gasteiger partial charge in [0.1, 0.15) is 0 Å². The number of carboxylic acid groups (broad SMARTS) is 1. The van der Waals surface area contributed by atoms with Gasteiger partial charge in [-0.05, 0) is 18.8 Å². The lowest BCUT2D eigenvalue weighted by atomic mass is 10.5. The fourth-order valence-corrected chi connectivity index (χ4v) is 0.147. The van der Waals surface area contributed by atoms with Crippen LogP contribution in [0.25, 0.3) is 0 Å². The quantitative estimate of drug-likeness (QED) is 0.447. The molecule has 0 unspecified atom stereocenters. The Morgan fingerprint density at radius 1 is 1.50 bits per heavy atom. The SMILES string of the molecule is CC#CC#CC(=O)O. The monoisotopic (exact) mass is 108 g/mol. The maximum absolute atomic E-state index is 9.63. The Hall–Kier alpha value is -1.41. The van der Waals surface area contributed by atoms with Crippen LogP contribution in [0.5, 0.6) is 0 Å². The minimum absolute atomic E-state index is 1.15. The van der Waals surface area contributed by atoms with Crippen LogP contribution in [0.4, 0.5) is 0 Å². The van der Waals surface area contributed by atoms with Crippen LogP contribution in [0.1, 0.15) is 6.92 Å². The molecule has 0 bridgehead atoms. The van der Waals surface area contributed by atoms with Crippen molar-refractivity contribution in [2.24, 2.45) is 0 Å². The topological polar surface area (TPSA) is 37.3 Å². The minimum atomic E-state index is -1.15. The molecule has 0 aliphatic heterocycles. The molecule has 0 amide bonds. The highest BCUT2D eigenvalue weighted by Crippen LogP contribution is 1.54. The second-order valence-corrected chi connectivity index (χ2v) is 0.930. The fraction of sp³-hybridized carbons (Fsp3) is 0.167. The zero-order valence-corrected chi connectivity index (χ0v) is 4.36. The Labute approximate surface area is 47.5 Å². The molecule has 0 aromatic heterocycles. The number of hydrogen-bond donors (Lipinski definition) is 1. The minimum Gasteiger partial charge on any atom is -0.472 e. The second-order valence-electron chi connectivity index (χ2n) is 0.930. The van der Waals surface area contributed by atoms with E-state index in [0.717, 1.165) is 0 Å². The predicted molar refractivity (Wildman–Crippen MR) is 28.9 cm³/mol. The van der Waals surface area contributed by atoms with E-state index < -0.39 is 5.97 Å². The standard InChI is InChI=1S/C6H4O2/c1-2-3-4-5-6(7)8/h1H3,(H,7,8). The molecule has 0 aliphatic carbocycles. The van der Waals surface area contributed by atoms with Gasteiger partial charge in [0, 0.05) is 5.92 Å². The molecule has 0 fully saturated rings. The van der Waals surface area contributed by atoms with E-state index in [0.29, 0.717) is 0 Å². The van der Waals surface area contributed by atoms with Gasteiger partial charge in [-0.1, -0.05) is 5.92 Å². The first-order valence-corrected chi connectivity index (χ1v) is 1.93. The average molecular weight is 108 g/mol. The van der Waals surface area contributed by atoms with Gasteiger partial charge in [0.2, 0.25) is 0 Å². The summed E-state index contributed by atoms with van der Waals surface area (Å²) in [5.74, 6) is 7.54. The summed E-state index contributed by atoms with van der Waals surface area (Å²) in [6.07, 6.45) is 0. The zero-order valence-electron chi connectivity index (χ0n) is 4.36. The molecule has 0 heterocycles. The van der Waals surface area contributed by atoms with Crippen LogP contribution in [-0.2, 0) is 4.79 Å². The van der Waals surface area contributed by atoms with Crippen molar-refractivity contribution in [3.8, 4) is 23.7 Å². The maximum atomic E-state index is 9.63. The summed E-state index contributed by atoms with van der Waals surface area (Å²) < 4.78 is 0. The molecule has 0 saturated heterocycles. The van der Waals surface area contributed by atoms with Crippen molar-refractivity contribution in [1.29, 1.82) is 0 Å². The highest BCUT2D eigenvalue weighted by Gasteiger charge is 1.77. The summed E-state index contributed by atoms with van der Waals surface area (Å²) in [7, 11) is 0. The molecule has 0 rings (SSSR count). The highest BCUT2D eigenvalue weighted by molar-refractivity contribution is 5.87. The average Bonchev–Trinajstić information content (AvgIpc) is 1.66. The first-order chi connectivity index (χ1) is 3.77. The van der Waals surface area contributed by atoms with Crippen LogP contribution in [-0.4, -0.2) is 11.1 Å². The molecule has 8 heavy (non-hydrogen) atoms. The van der Waals surface area contributed by atoms with Crippen molar-refractivity contribution >= 4 is 5.97 Å². The van der Waals surface area contributed by atoms with Crippen molar-refractivity contribution < 1.29 is 9.90 Å². The number of aliphatic carboxylic acids is 1. The summed E-state index contributed by atoms with van der Waals surface area (Å²) in [5.41, 5.74) is 0. The Morgan fingerprint density at radius 2 is 2.12 bits per heavy atom. The number of rotatable bonds is 0. The second kappa shape index (κ2) is 3.77. The molecule has 1 N–H and O–H groups in total. The van der Waals surface area contributed by atoms with Gasteiger partial charge in [-0.15, -0.1) is 0 Å². The first-order valence-electron chi connectivity index (χ1n) is 1.93.